The smallest absolute Gasteiger partial charge is 0.236 e. The summed E-state index contributed by atoms with van der Waals surface area (Å²) in [5.41, 5.74) is -0.155. The van der Waals surface area contributed by atoms with Gasteiger partial charge >= 0.3 is 0 Å². The van der Waals surface area contributed by atoms with Crippen LogP contribution in [0.1, 0.15) is 39.2 Å². The van der Waals surface area contributed by atoms with Gasteiger partial charge in [0, 0.05) is 12.1 Å². The van der Waals surface area contributed by atoms with Crippen LogP contribution in [0.25, 0.3) is 0 Å². The van der Waals surface area contributed by atoms with E-state index < -0.39 is 5.41 Å². The van der Waals surface area contributed by atoms with Crippen LogP contribution < -0.4 is 15.4 Å². The molecule has 5 nitrogen and oxygen atoms in total. The summed E-state index contributed by atoms with van der Waals surface area (Å²) in [6.45, 7) is 6.24. The van der Waals surface area contributed by atoms with Crippen LogP contribution in [0.3, 0.4) is 0 Å². The summed E-state index contributed by atoms with van der Waals surface area (Å²) in [5.74, 6) is 0.474. The summed E-state index contributed by atoms with van der Waals surface area (Å²) in [7, 11) is 1.63. The molecule has 2 N–H and O–H groups in total. The lowest BCUT2D eigenvalue weighted by atomic mass is 10.0. The monoisotopic (exact) mass is 318 g/mol. The molecule has 0 unspecified atom stereocenters. The molecule has 0 bridgehead atoms. The number of nitrogens with one attached hydrogen (secondary N) is 2. The number of benzene rings is 1. The summed E-state index contributed by atoms with van der Waals surface area (Å²) in [6.07, 6.45) is 1.91. The van der Waals surface area contributed by atoms with Gasteiger partial charge in [-0.15, -0.1) is 0 Å². The molecule has 2 rings (SSSR count). The highest BCUT2D eigenvalue weighted by atomic mass is 16.5. The lowest BCUT2D eigenvalue weighted by molar-refractivity contribution is -0.138. The second-order valence-electron chi connectivity index (χ2n) is 7.10. The van der Waals surface area contributed by atoms with E-state index in [1.807, 2.05) is 45.0 Å². The standard InChI is InChI=1S/C18H26N2O3/c1-17(2,3)20-16(22)18(10-11-18)15(21)19-12-9-13-7-5-6-8-14(13)23-4/h5-8H,9-12H2,1-4H3,(H,19,21)(H,20,22). The van der Waals surface area contributed by atoms with Gasteiger partial charge < -0.3 is 15.4 Å². The van der Waals surface area contributed by atoms with E-state index >= 15 is 0 Å². The summed E-state index contributed by atoms with van der Waals surface area (Å²) >= 11 is 0. The first-order valence-corrected chi connectivity index (χ1v) is 8.01. The fraction of sp³-hybridized carbons (Fsp3) is 0.556. The van der Waals surface area contributed by atoms with Crippen molar-refractivity contribution in [1.82, 2.24) is 10.6 Å². The topological polar surface area (TPSA) is 67.4 Å². The zero-order chi connectivity index (χ0) is 17.1. The van der Waals surface area contributed by atoms with Gasteiger partial charge in [-0.2, -0.15) is 0 Å². The Morgan fingerprint density at radius 1 is 1.17 bits per heavy atom. The quantitative estimate of drug-likeness (QED) is 0.789. The van der Waals surface area contributed by atoms with Crippen LogP contribution in [-0.4, -0.2) is 31.0 Å². The van der Waals surface area contributed by atoms with E-state index in [-0.39, 0.29) is 17.4 Å². The first-order chi connectivity index (χ1) is 10.8. The third-order valence-corrected chi connectivity index (χ3v) is 3.98. The molecule has 0 aliphatic heterocycles. The molecule has 0 aromatic heterocycles. The van der Waals surface area contributed by atoms with E-state index in [1.54, 1.807) is 7.11 Å². The molecule has 1 aliphatic carbocycles. The average Bonchev–Trinajstić information content (AvgIpc) is 3.27. The van der Waals surface area contributed by atoms with Crippen molar-refractivity contribution in [3.8, 4) is 5.75 Å². The minimum absolute atomic E-state index is 0.167. The number of methoxy groups -OCH3 is 1. The van der Waals surface area contributed by atoms with E-state index in [0.29, 0.717) is 25.8 Å². The average molecular weight is 318 g/mol. The third-order valence-electron chi connectivity index (χ3n) is 3.98. The Balaban J connectivity index is 1.89. The molecule has 0 heterocycles. The minimum atomic E-state index is -0.867. The van der Waals surface area contributed by atoms with Gasteiger partial charge in [-0.1, -0.05) is 18.2 Å². The van der Waals surface area contributed by atoms with Gasteiger partial charge in [0.05, 0.1) is 7.11 Å². The molecule has 1 aromatic rings. The van der Waals surface area contributed by atoms with Gasteiger partial charge in [0.1, 0.15) is 11.2 Å². The number of para-hydroxylation sites is 1. The predicted molar refractivity (Wildman–Crippen MR) is 89.3 cm³/mol. The number of carbonyl (C=O) groups is 2. The Kier molecular flexibility index (Phi) is 4.97. The zero-order valence-corrected chi connectivity index (χ0v) is 14.4. The fourth-order valence-electron chi connectivity index (χ4n) is 2.53. The van der Waals surface area contributed by atoms with E-state index in [0.717, 1.165) is 11.3 Å². The van der Waals surface area contributed by atoms with Crippen LogP contribution in [0, 0.1) is 5.41 Å². The molecule has 1 aliphatic rings. The van der Waals surface area contributed by atoms with Crippen LogP contribution >= 0.6 is 0 Å². The number of rotatable bonds is 6. The van der Waals surface area contributed by atoms with E-state index in [4.69, 9.17) is 4.74 Å². The molecule has 5 heteroatoms. The highest BCUT2D eigenvalue weighted by molar-refractivity contribution is 6.08. The summed E-state index contributed by atoms with van der Waals surface area (Å²) < 4.78 is 5.30. The van der Waals surface area contributed by atoms with E-state index in [2.05, 4.69) is 10.6 Å². The summed E-state index contributed by atoms with van der Waals surface area (Å²) in [5, 5.41) is 5.81. The molecule has 1 fully saturated rings. The molecular weight excluding hydrogens is 292 g/mol. The summed E-state index contributed by atoms with van der Waals surface area (Å²) in [6, 6.07) is 7.73. The van der Waals surface area contributed by atoms with Gasteiger partial charge in [-0.3, -0.25) is 9.59 Å². The molecule has 0 spiro atoms. The lowest BCUT2D eigenvalue weighted by Gasteiger charge is -2.24. The Labute approximate surface area is 137 Å². The van der Waals surface area contributed by atoms with Crippen molar-refractivity contribution < 1.29 is 14.3 Å². The fourth-order valence-corrected chi connectivity index (χ4v) is 2.53. The molecule has 126 valence electrons. The maximum Gasteiger partial charge on any atom is 0.236 e. The number of ether oxygens (including phenoxy) is 1. The number of amides is 2. The van der Waals surface area contributed by atoms with E-state index in [1.165, 1.54) is 0 Å². The molecule has 1 aromatic carbocycles. The normalized spacial score (nSPS) is 15.7. The van der Waals surface area contributed by atoms with Crippen molar-refractivity contribution in [1.29, 1.82) is 0 Å². The van der Waals surface area contributed by atoms with Gasteiger partial charge in [0.25, 0.3) is 0 Å². The lowest BCUT2D eigenvalue weighted by Crippen LogP contribution is -2.49. The molecule has 0 saturated heterocycles. The molecule has 0 radical (unpaired) electrons. The van der Waals surface area contributed by atoms with Gasteiger partial charge in [0.2, 0.25) is 11.8 Å². The zero-order valence-electron chi connectivity index (χ0n) is 14.4. The van der Waals surface area contributed by atoms with Crippen molar-refractivity contribution in [3.63, 3.8) is 0 Å². The van der Waals surface area contributed by atoms with Crippen molar-refractivity contribution in [2.75, 3.05) is 13.7 Å². The van der Waals surface area contributed by atoms with Crippen molar-refractivity contribution in [3.05, 3.63) is 29.8 Å². The van der Waals surface area contributed by atoms with Crippen LogP contribution in [0.15, 0.2) is 24.3 Å². The Hall–Kier alpha value is -2.04. The maximum atomic E-state index is 12.4. The third kappa shape index (κ3) is 4.24. The largest absolute Gasteiger partial charge is 0.496 e. The highest BCUT2D eigenvalue weighted by Crippen LogP contribution is 2.46. The molecule has 0 atom stereocenters. The second-order valence-corrected chi connectivity index (χ2v) is 7.10. The Bertz CT molecular complexity index is 586. The minimum Gasteiger partial charge on any atom is -0.496 e. The van der Waals surface area contributed by atoms with Gasteiger partial charge in [-0.05, 0) is 51.7 Å². The second kappa shape index (κ2) is 6.60. The van der Waals surface area contributed by atoms with Crippen molar-refractivity contribution >= 4 is 11.8 Å². The van der Waals surface area contributed by atoms with Crippen molar-refractivity contribution in [2.24, 2.45) is 5.41 Å². The first-order valence-electron chi connectivity index (χ1n) is 8.01. The number of hydrogen-bond donors (Lipinski definition) is 2. The Morgan fingerprint density at radius 2 is 1.83 bits per heavy atom. The highest BCUT2D eigenvalue weighted by Gasteiger charge is 2.56. The number of hydrogen-bond acceptors (Lipinski definition) is 3. The van der Waals surface area contributed by atoms with Crippen LogP contribution in [0.2, 0.25) is 0 Å². The Morgan fingerprint density at radius 3 is 2.39 bits per heavy atom. The van der Waals surface area contributed by atoms with Crippen LogP contribution in [0.4, 0.5) is 0 Å². The van der Waals surface area contributed by atoms with Crippen LogP contribution in [0.5, 0.6) is 5.75 Å². The predicted octanol–water partition coefficient (Wildman–Crippen LogP) is 2.05. The SMILES string of the molecule is COc1ccccc1CCNC(=O)C1(C(=O)NC(C)(C)C)CC1. The molecule has 23 heavy (non-hydrogen) atoms. The number of carbonyl (C=O) groups excluding carboxylic acids is 2. The maximum absolute atomic E-state index is 12.4. The van der Waals surface area contributed by atoms with Gasteiger partial charge in [-0.25, -0.2) is 0 Å². The van der Waals surface area contributed by atoms with Crippen molar-refractivity contribution in [2.45, 2.75) is 45.6 Å². The van der Waals surface area contributed by atoms with Crippen LogP contribution in [-0.2, 0) is 16.0 Å². The molecular formula is C18H26N2O3. The first kappa shape index (κ1) is 17.3. The summed E-state index contributed by atoms with van der Waals surface area (Å²) in [4.78, 5) is 24.7. The molecule has 1 saturated carbocycles. The van der Waals surface area contributed by atoms with Gasteiger partial charge in [0.15, 0.2) is 0 Å². The molecule has 2 amide bonds. The van der Waals surface area contributed by atoms with E-state index in [9.17, 15) is 9.59 Å².